The van der Waals surface area contributed by atoms with Crippen LogP contribution in [0.15, 0.2) is 24.3 Å². The van der Waals surface area contributed by atoms with Gasteiger partial charge in [-0.15, -0.1) is 0 Å². The van der Waals surface area contributed by atoms with Crippen LogP contribution in [0.2, 0.25) is 0 Å². The second-order valence-corrected chi connectivity index (χ2v) is 7.38. The fourth-order valence-corrected chi connectivity index (χ4v) is 4.97. The van der Waals surface area contributed by atoms with Crippen molar-refractivity contribution in [3.63, 3.8) is 0 Å². The minimum atomic E-state index is 0.241. The fraction of sp³-hybridized carbons (Fsp3) is 0.733. The van der Waals surface area contributed by atoms with Crippen molar-refractivity contribution in [1.29, 1.82) is 0 Å². The summed E-state index contributed by atoms with van der Waals surface area (Å²) in [5, 5.41) is 0. The van der Waals surface area contributed by atoms with Crippen LogP contribution in [0.1, 0.15) is 52.4 Å². The van der Waals surface area contributed by atoms with Gasteiger partial charge in [-0.25, -0.2) is 0 Å². The lowest BCUT2D eigenvalue weighted by molar-refractivity contribution is 0.760. The summed E-state index contributed by atoms with van der Waals surface area (Å²) in [6, 6.07) is 0. The molecule has 16 heavy (non-hydrogen) atoms. The summed E-state index contributed by atoms with van der Waals surface area (Å²) >= 11 is 0. The van der Waals surface area contributed by atoms with Crippen molar-refractivity contribution >= 4 is 7.92 Å². The minimum Gasteiger partial charge on any atom is -0.0957 e. The summed E-state index contributed by atoms with van der Waals surface area (Å²) in [6.45, 7) is 4.60. The highest BCUT2D eigenvalue weighted by Crippen LogP contribution is 2.45. The van der Waals surface area contributed by atoms with Gasteiger partial charge in [0, 0.05) is 5.66 Å². The zero-order valence-electron chi connectivity index (χ0n) is 11.0. The molecule has 0 fully saturated rings. The van der Waals surface area contributed by atoms with Gasteiger partial charge in [-0.1, -0.05) is 71.8 Å². The Kier molecular flexibility index (Phi) is 7.85. The van der Waals surface area contributed by atoms with Crippen molar-refractivity contribution in [3.05, 3.63) is 24.3 Å². The van der Waals surface area contributed by atoms with Crippen molar-refractivity contribution in [3.8, 4) is 0 Å². The summed E-state index contributed by atoms with van der Waals surface area (Å²) in [5.74, 6) is 0. The predicted octanol–water partition coefficient (Wildman–Crippen LogP) is 5.34. The van der Waals surface area contributed by atoms with Gasteiger partial charge in [0.15, 0.2) is 0 Å². The third kappa shape index (κ3) is 5.30. The molecular weight excluding hydrogens is 211 g/mol. The summed E-state index contributed by atoms with van der Waals surface area (Å²) in [5.41, 5.74) is 0.809. The third-order valence-corrected chi connectivity index (χ3v) is 6.22. The molecule has 0 unspecified atom stereocenters. The maximum absolute atomic E-state index is 2.42. The molecule has 0 aromatic carbocycles. The molecule has 0 aliphatic heterocycles. The van der Waals surface area contributed by atoms with Gasteiger partial charge in [-0.2, -0.15) is 0 Å². The van der Waals surface area contributed by atoms with E-state index in [4.69, 9.17) is 0 Å². The van der Waals surface area contributed by atoms with Crippen LogP contribution in [0.4, 0.5) is 0 Å². The molecule has 1 heteroatoms. The van der Waals surface area contributed by atoms with E-state index in [1.54, 1.807) is 0 Å². The largest absolute Gasteiger partial charge is 0.0957 e. The van der Waals surface area contributed by atoms with Crippen molar-refractivity contribution in [1.82, 2.24) is 0 Å². The van der Waals surface area contributed by atoms with Gasteiger partial charge in [0.2, 0.25) is 0 Å². The Hall–Kier alpha value is -0.0900. The molecule has 0 spiro atoms. The standard InChI is InChI=1S/C15H27P/c1-3-5-9-13-16(14-10-6-4-2)15-11-7-8-12-15/h7-8,11-12,15H,3-6,9-10,13-14H2,1-2H3. The summed E-state index contributed by atoms with van der Waals surface area (Å²) in [6.07, 6.45) is 20.8. The molecule has 0 bridgehead atoms. The van der Waals surface area contributed by atoms with Crippen molar-refractivity contribution in [2.45, 2.75) is 58.0 Å². The number of unbranched alkanes of at least 4 members (excludes halogenated alkanes) is 4. The molecule has 0 aromatic rings. The molecule has 1 aliphatic carbocycles. The molecule has 1 aliphatic rings. The molecule has 0 atom stereocenters. The smallest absolute Gasteiger partial charge is 0.0156 e. The highest BCUT2D eigenvalue weighted by atomic mass is 31.1. The van der Waals surface area contributed by atoms with E-state index < -0.39 is 0 Å². The lowest BCUT2D eigenvalue weighted by Gasteiger charge is -2.22. The number of rotatable bonds is 9. The van der Waals surface area contributed by atoms with E-state index in [1.165, 1.54) is 50.8 Å². The van der Waals surface area contributed by atoms with Gasteiger partial charge >= 0.3 is 0 Å². The first-order chi connectivity index (χ1) is 7.88. The van der Waals surface area contributed by atoms with Gasteiger partial charge < -0.3 is 0 Å². The van der Waals surface area contributed by atoms with E-state index in [1.807, 2.05) is 0 Å². The molecule has 1 rings (SSSR count). The molecule has 0 aromatic heterocycles. The fourth-order valence-electron chi connectivity index (χ4n) is 2.20. The Balaban J connectivity index is 2.29. The summed E-state index contributed by atoms with van der Waals surface area (Å²) in [4.78, 5) is 0. The summed E-state index contributed by atoms with van der Waals surface area (Å²) < 4.78 is 0. The second-order valence-electron chi connectivity index (χ2n) is 4.71. The lowest BCUT2D eigenvalue weighted by atomic mass is 10.3. The van der Waals surface area contributed by atoms with Gasteiger partial charge in [-0.3, -0.25) is 0 Å². The molecular formula is C15H27P. The quantitative estimate of drug-likeness (QED) is 0.375. The van der Waals surface area contributed by atoms with Crippen LogP contribution in [0.3, 0.4) is 0 Å². The van der Waals surface area contributed by atoms with Crippen molar-refractivity contribution in [2.75, 3.05) is 12.3 Å². The van der Waals surface area contributed by atoms with Crippen LogP contribution in [-0.2, 0) is 0 Å². The first-order valence-electron chi connectivity index (χ1n) is 6.97. The minimum absolute atomic E-state index is 0.241. The average molecular weight is 238 g/mol. The van der Waals surface area contributed by atoms with Crippen molar-refractivity contribution < 1.29 is 0 Å². The van der Waals surface area contributed by atoms with E-state index in [2.05, 4.69) is 38.2 Å². The van der Waals surface area contributed by atoms with Crippen LogP contribution in [0.5, 0.6) is 0 Å². The predicted molar refractivity (Wildman–Crippen MR) is 77.8 cm³/mol. The normalized spacial score (nSPS) is 15.4. The lowest BCUT2D eigenvalue weighted by Crippen LogP contribution is -2.03. The van der Waals surface area contributed by atoms with E-state index >= 15 is 0 Å². The van der Waals surface area contributed by atoms with Crippen LogP contribution >= 0.6 is 7.92 Å². The molecule has 92 valence electrons. The topological polar surface area (TPSA) is 0 Å². The highest BCUT2D eigenvalue weighted by Gasteiger charge is 2.16. The molecule has 0 N–H and O–H groups in total. The third-order valence-electron chi connectivity index (χ3n) is 3.25. The molecule has 0 heterocycles. The van der Waals surface area contributed by atoms with E-state index in [0.29, 0.717) is 0 Å². The van der Waals surface area contributed by atoms with Crippen LogP contribution in [0, 0.1) is 0 Å². The summed E-state index contributed by atoms with van der Waals surface area (Å²) in [7, 11) is 0.241. The Morgan fingerprint density at radius 3 is 1.75 bits per heavy atom. The number of hydrogen-bond acceptors (Lipinski definition) is 0. The maximum Gasteiger partial charge on any atom is 0.0156 e. The molecule has 0 nitrogen and oxygen atoms in total. The SMILES string of the molecule is CCCCCP(CCCCC)C1C=CC=C1. The maximum atomic E-state index is 2.42. The zero-order valence-corrected chi connectivity index (χ0v) is 11.9. The number of hydrogen-bond donors (Lipinski definition) is 0. The van der Waals surface area contributed by atoms with Gasteiger partial charge in [0.25, 0.3) is 0 Å². The van der Waals surface area contributed by atoms with Gasteiger partial charge in [-0.05, 0) is 25.2 Å². The molecule has 0 amide bonds. The van der Waals surface area contributed by atoms with E-state index in [9.17, 15) is 0 Å². The highest BCUT2D eigenvalue weighted by molar-refractivity contribution is 7.58. The average Bonchev–Trinajstić information content (AvgIpc) is 2.81. The van der Waals surface area contributed by atoms with Crippen molar-refractivity contribution in [2.24, 2.45) is 0 Å². The Morgan fingerprint density at radius 1 is 0.812 bits per heavy atom. The Labute approximate surface area is 103 Å². The Morgan fingerprint density at radius 2 is 1.31 bits per heavy atom. The molecule has 0 saturated carbocycles. The Bertz CT molecular complexity index is 195. The monoisotopic (exact) mass is 238 g/mol. The van der Waals surface area contributed by atoms with Crippen LogP contribution < -0.4 is 0 Å². The van der Waals surface area contributed by atoms with Crippen LogP contribution in [-0.4, -0.2) is 18.0 Å². The molecule has 0 saturated heterocycles. The molecule has 0 radical (unpaired) electrons. The van der Waals surface area contributed by atoms with Gasteiger partial charge in [0.1, 0.15) is 0 Å². The van der Waals surface area contributed by atoms with E-state index in [0.717, 1.165) is 5.66 Å². The first kappa shape index (κ1) is 14.0. The van der Waals surface area contributed by atoms with Gasteiger partial charge in [0.05, 0.1) is 0 Å². The van der Waals surface area contributed by atoms with Crippen LogP contribution in [0.25, 0.3) is 0 Å². The zero-order chi connectivity index (χ0) is 11.6. The van der Waals surface area contributed by atoms with E-state index in [-0.39, 0.29) is 7.92 Å². The second kappa shape index (κ2) is 8.99. The first-order valence-corrected chi connectivity index (χ1v) is 8.75. The number of allylic oxidation sites excluding steroid dienone is 4.